The second-order valence-electron chi connectivity index (χ2n) is 3.87. The van der Waals surface area contributed by atoms with E-state index in [-0.39, 0.29) is 11.9 Å². The van der Waals surface area contributed by atoms with Crippen molar-refractivity contribution in [2.75, 3.05) is 0 Å². The van der Waals surface area contributed by atoms with Gasteiger partial charge in [-0.05, 0) is 24.6 Å². The average Bonchev–Trinajstić information content (AvgIpc) is 2.66. The number of halogens is 1. The first-order chi connectivity index (χ1) is 7.66. The highest BCUT2D eigenvalue weighted by atomic mass is 19.1. The molecule has 0 aliphatic carbocycles. The third-order valence-corrected chi connectivity index (χ3v) is 2.45. The van der Waals surface area contributed by atoms with Crippen LogP contribution in [0.4, 0.5) is 4.39 Å². The summed E-state index contributed by atoms with van der Waals surface area (Å²) in [6, 6.07) is 6.46. The highest BCUT2D eigenvalue weighted by Crippen LogP contribution is 2.12. The summed E-state index contributed by atoms with van der Waals surface area (Å²) in [5, 5.41) is 0. The molecule has 0 fully saturated rings. The van der Waals surface area contributed by atoms with Crippen LogP contribution in [0.5, 0.6) is 0 Å². The van der Waals surface area contributed by atoms with Crippen LogP contribution in [0.3, 0.4) is 0 Å². The van der Waals surface area contributed by atoms with Crippen molar-refractivity contribution >= 4 is 0 Å². The molecule has 16 heavy (non-hydrogen) atoms. The van der Waals surface area contributed by atoms with Gasteiger partial charge in [-0.15, -0.1) is 0 Å². The molecule has 2 N–H and O–H groups in total. The summed E-state index contributed by atoms with van der Waals surface area (Å²) < 4.78 is 14.9. The van der Waals surface area contributed by atoms with Gasteiger partial charge in [-0.1, -0.05) is 12.1 Å². The number of aromatic nitrogens is 2. The molecule has 2 rings (SSSR count). The molecule has 1 heterocycles. The Balaban J connectivity index is 2.24. The molecule has 1 aromatic heterocycles. The molecule has 2 aromatic rings. The summed E-state index contributed by atoms with van der Waals surface area (Å²) in [5.74, 6) is -0.222. The molecule has 1 atom stereocenters. The van der Waals surface area contributed by atoms with Gasteiger partial charge in [-0.2, -0.15) is 0 Å². The molecule has 1 aromatic carbocycles. The van der Waals surface area contributed by atoms with E-state index < -0.39 is 0 Å². The monoisotopic (exact) mass is 219 g/mol. The van der Waals surface area contributed by atoms with E-state index in [1.165, 1.54) is 12.1 Å². The maximum Gasteiger partial charge on any atom is 0.123 e. The van der Waals surface area contributed by atoms with Crippen molar-refractivity contribution in [2.45, 2.75) is 19.5 Å². The zero-order chi connectivity index (χ0) is 11.5. The van der Waals surface area contributed by atoms with Gasteiger partial charge < -0.3 is 10.3 Å². The van der Waals surface area contributed by atoms with Gasteiger partial charge in [0.15, 0.2) is 0 Å². The highest BCUT2D eigenvalue weighted by molar-refractivity contribution is 5.18. The Morgan fingerprint density at radius 3 is 3.00 bits per heavy atom. The Labute approximate surface area is 93.7 Å². The number of rotatable bonds is 3. The smallest absolute Gasteiger partial charge is 0.123 e. The van der Waals surface area contributed by atoms with E-state index in [1.807, 2.05) is 17.6 Å². The maximum absolute atomic E-state index is 13.0. The Kier molecular flexibility index (Phi) is 3.01. The molecule has 84 valence electrons. The minimum absolute atomic E-state index is 0.0731. The van der Waals surface area contributed by atoms with E-state index in [2.05, 4.69) is 4.98 Å². The van der Waals surface area contributed by atoms with Crippen molar-refractivity contribution in [2.24, 2.45) is 5.73 Å². The molecule has 0 unspecified atom stereocenters. The Bertz CT molecular complexity index is 477. The van der Waals surface area contributed by atoms with E-state index in [4.69, 9.17) is 5.73 Å². The largest absolute Gasteiger partial charge is 0.329 e. The zero-order valence-corrected chi connectivity index (χ0v) is 9.10. The number of hydrogen-bond acceptors (Lipinski definition) is 2. The van der Waals surface area contributed by atoms with E-state index in [0.29, 0.717) is 6.54 Å². The van der Waals surface area contributed by atoms with Gasteiger partial charge in [-0.25, -0.2) is 9.37 Å². The second kappa shape index (κ2) is 4.45. The summed E-state index contributed by atoms with van der Waals surface area (Å²) in [4.78, 5) is 4.05. The molecule has 0 aliphatic rings. The molecule has 0 saturated carbocycles. The van der Waals surface area contributed by atoms with Gasteiger partial charge in [0.05, 0.1) is 12.0 Å². The molecule has 0 aliphatic heterocycles. The lowest BCUT2D eigenvalue weighted by atomic mass is 10.2. The van der Waals surface area contributed by atoms with Crippen LogP contribution in [0, 0.1) is 5.82 Å². The molecule has 0 bridgehead atoms. The number of benzene rings is 1. The quantitative estimate of drug-likeness (QED) is 0.859. The molecule has 0 saturated heterocycles. The lowest BCUT2D eigenvalue weighted by Crippen LogP contribution is -2.12. The SMILES string of the molecule is C[C@H](N)c1cncn1Cc1cccc(F)c1. The van der Waals surface area contributed by atoms with E-state index >= 15 is 0 Å². The normalized spacial score (nSPS) is 12.7. The molecule has 0 radical (unpaired) electrons. The number of nitrogens with zero attached hydrogens (tertiary/aromatic N) is 2. The Morgan fingerprint density at radius 1 is 1.50 bits per heavy atom. The van der Waals surface area contributed by atoms with Crippen LogP contribution in [0.1, 0.15) is 24.2 Å². The topological polar surface area (TPSA) is 43.8 Å². The van der Waals surface area contributed by atoms with Crippen molar-refractivity contribution in [3.63, 3.8) is 0 Å². The van der Waals surface area contributed by atoms with E-state index in [1.54, 1.807) is 18.6 Å². The fourth-order valence-electron chi connectivity index (χ4n) is 1.67. The minimum Gasteiger partial charge on any atom is -0.329 e. The summed E-state index contributed by atoms with van der Waals surface area (Å²) in [6.07, 6.45) is 3.45. The lowest BCUT2D eigenvalue weighted by molar-refractivity contribution is 0.620. The number of hydrogen-bond donors (Lipinski definition) is 1. The molecule has 4 heteroatoms. The number of imidazole rings is 1. The predicted molar refractivity (Wildman–Crippen MR) is 60.3 cm³/mol. The third-order valence-electron chi connectivity index (χ3n) is 2.45. The van der Waals surface area contributed by atoms with Crippen molar-refractivity contribution in [1.29, 1.82) is 0 Å². The van der Waals surface area contributed by atoms with Crippen molar-refractivity contribution < 1.29 is 4.39 Å². The minimum atomic E-state index is -0.222. The lowest BCUT2D eigenvalue weighted by Gasteiger charge is -2.10. The first kappa shape index (κ1) is 10.8. The van der Waals surface area contributed by atoms with Crippen molar-refractivity contribution in [1.82, 2.24) is 9.55 Å². The highest BCUT2D eigenvalue weighted by Gasteiger charge is 2.07. The molecule has 0 amide bonds. The fraction of sp³-hybridized carbons (Fsp3) is 0.250. The van der Waals surface area contributed by atoms with Crippen LogP contribution < -0.4 is 5.73 Å². The molecule has 3 nitrogen and oxygen atoms in total. The Hall–Kier alpha value is -1.68. The van der Waals surface area contributed by atoms with Gasteiger partial charge in [0, 0.05) is 18.8 Å². The zero-order valence-electron chi connectivity index (χ0n) is 9.10. The predicted octanol–water partition coefficient (Wildman–Crippen LogP) is 2.09. The summed E-state index contributed by atoms with van der Waals surface area (Å²) in [5.41, 5.74) is 7.66. The van der Waals surface area contributed by atoms with Gasteiger partial charge in [0.2, 0.25) is 0 Å². The third kappa shape index (κ3) is 2.28. The van der Waals surface area contributed by atoms with Crippen LogP contribution in [0.25, 0.3) is 0 Å². The Morgan fingerprint density at radius 2 is 2.31 bits per heavy atom. The van der Waals surface area contributed by atoms with Crippen LogP contribution >= 0.6 is 0 Å². The van der Waals surface area contributed by atoms with Crippen molar-refractivity contribution in [3.05, 3.63) is 53.9 Å². The fourth-order valence-corrected chi connectivity index (χ4v) is 1.67. The average molecular weight is 219 g/mol. The van der Waals surface area contributed by atoms with Gasteiger partial charge in [0.25, 0.3) is 0 Å². The molecular weight excluding hydrogens is 205 g/mol. The summed E-state index contributed by atoms with van der Waals surface area (Å²) >= 11 is 0. The van der Waals surface area contributed by atoms with Gasteiger partial charge in [0.1, 0.15) is 5.82 Å². The molecule has 0 spiro atoms. The van der Waals surface area contributed by atoms with Crippen LogP contribution in [-0.4, -0.2) is 9.55 Å². The van der Waals surface area contributed by atoms with Gasteiger partial charge >= 0.3 is 0 Å². The maximum atomic E-state index is 13.0. The summed E-state index contributed by atoms with van der Waals surface area (Å²) in [7, 11) is 0. The number of nitrogens with two attached hydrogens (primary N) is 1. The molecular formula is C12H14FN3. The van der Waals surface area contributed by atoms with Gasteiger partial charge in [-0.3, -0.25) is 0 Å². The van der Waals surface area contributed by atoms with Crippen molar-refractivity contribution in [3.8, 4) is 0 Å². The standard InChI is InChI=1S/C12H14FN3/c1-9(14)12-6-15-8-16(12)7-10-3-2-4-11(13)5-10/h2-6,8-9H,7,14H2,1H3/t9-/m0/s1. The summed E-state index contributed by atoms with van der Waals surface area (Å²) in [6.45, 7) is 2.49. The van der Waals surface area contributed by atoms with Crippen LogP contribution in [0.2, 0.25) is 0 Å². The van der Waals surface area contributed by atoms with E-state index in [9.17, 15) is 4.39 Å². The first-order valence-electron chi connectivity index (χ1n) is 5.17. The first-order valence-corrected chi connectivity index (χ1v) is 5.17. The van der Waals surface area contributed by atoms with Crippen LogP contribution in [0.15, 0.2) is 36.8 Å². The van der Waals surface area contributed by atoms with E-state index in [0.717, 1.165) is 11.3 Å². The second-order valence-corrected chi connectivity index (χ2v) is 3.87. The van der Waals surface area contributed by atoms with Crippen LogP contribution in [-0.2, 0) is 6.54 Å².